The average Bonchev–Trinajstić information content (AvgIpc) is 2.68. The average molecular weight is 393 g/mol. The predicted molar refractivity (Wildman–Crippen MR) is 94.2 cm³/mol. The smallest absolute Gasteiger partial charge is 0.338 e. The van der Waals surface area contributed by atoms with Crippen LogP contribution in [0.2, 0.25) is 0 Å². The van der Waals surface area contributed by atoms with Crippen LogP contribution in [0.4, 0.5) is 14.5 Å². The summed E-state index contributed by atoms with van der Waals surface area (Å²) in [6.07, 6.45) is -1.17. The van der Waals surface area contributed by atoms with Gasteiger partial charge in [0.2, 0.25) is 0 Å². The van der Waals surface area contributed by atoms with Gasteiger partial charge in [-0.1, -0.05) is 0 Å². The number of ether oxygens (including phenoxy) is 3. The summed E-state index contributed by atoms with van der Waals surface area (Å²) in [4.78, 5) is 35.8. The Kier molecular flexibility index (Phi) is 6.64. The molecule has 0 fully saturated rings. The third-order valence-electron chi connectivity index (χ3n) is 3.62. The molecule has 0 aromatic heterocycles. The number of rotatable bonds is 6. The molecule has 0 saturated heterocycles. The van der Waals surface area contributed by atoms with Gasteiger partial charge >= 0.3 is 11.9 Å². The van der Waals surface area contributed by atoms with E-state index in [0.717, 1.165) is 32.4 Å². The fourth-order valence-electron chi connectivity index (χ4n) is 2.22. The number of anilines is 1. The van der Waals surface area contributed by atoms with Gasteiger partial charge in [0.25, 0.3) is 5.91 Å². The van der Waals surface area contributed by atoms with Crippen LogP contribution in [0.5, 0.6) is 5.75 Å². The maximum Gasteiger partial charge on any atom is 0.338 e. The number of halogens is 2. The number of hydrogen-bond donors (Lipinski definition) is 1. The zero-order valence-electron chi connectivity index (χ0n) is 15.2. The standard InChI is InChI=1S/C19H17F2NO6/c1-10(17(23)22-16-9-13(20)4-5-15(16)21)28-14-7-11(18(24)26-2)6-12(8-14)19(25)27-3/h4-10H,1-3H3,(H,22,23)/t10-/m1/s1. The van der Waals surface area contributed by atoms with Crippen molar-refractivity contribution in [1.29, 1.82) is 0 Å². The molecule has 9 heteroatoms. The van der Waals surface area contributed by atoms with E-state index in [-0.39, 0.29) is 22.6 Å². The molecule has 2 aromatic rings. The van der Waals surface area contributed by atoms with Gasteiger partial charge in [0.05, 0.1) is 31.0 Å². The van der Waals surface area contributed by atoms with E-state index in [1.54, 1.807) is 0 Å². The first-order valence-electron chi connectivity index (χ1n) is 7.99. The van der Waals surface area contributed by atoms with Gasteiger partial charge in [0.1, 0.15) is 17.4 Å². The molecule has 148 valence electrons. The number of carbonyl (C=O) groups excluding carboxylic acids is 3. The highest BCUT2D eigenvalue weighted by atomic mass is 19.1. The maximum absolute atomic E-state index is 13.7. The summed E-state index contributed by atoms with van der Waals surface area (Å²) >= 11 is 0. The fourth-order valence-corrected chi connectivity index (χ4v) is 2.22. The van der Waals surface area contributed by atoms with Crippen LogP contribution in [0.1, 0.15) is 27.6 Å². The largest absolute Gasteiger partial charge is 0.481 e. The Morgan fingerprint density at radius 2 is 1.50 bits per heavy atom. The highest BCUT2D eigenvalue weighted by molar-refractivity contribution is 5.96. The van der Waals surface area contributed by atoms with Crippen molar-refractivity contribution in [3.63, 3.8) is 0 Å². The van der Waals surface area contributed by atoms with Gasteiger partial charge in [0.15, 0.2) is 6.10 Å². The maximum atomic E-state index is 13.7. The molecule has 2 aromatic carbocycles. The first kappa shape index (κ1) is 20.8. The van der Waals surface area contributed by atoms with E-state index in [9.17, 15) is 23.2 Å². The molecule has 0 aliphatic rings. The lowest BCUT2D eigenvalue weighted by Gasteiger charge is -2.16. The van der Waals surface area contributed by atoms with Crippen LogP contribution in [0.25, 0.3) is 0 Å². The predicted octanol–water partition coefficient (Wildman–Crippen LogP) is 2.94. The zero-order chi connectivity index (χ0) is 20.8. The van der Waals surface area contributed by atoms with E-state index in [1.165, 1.54) is 25.1 Å². The Balaban J connectivity index is 2.22. The molecule has 0 spiro atoms. The van der Waals surface area contributed by atoms with Crippen LogP contribution >= 0.6 is 0 Å². The number of esters is 2. The molecular formula is C19H17F2NO6. The van der Waals surface area contributed by atoms with Gasteiger partial charge in [-0.05, 0) is 37.3 Å². The Morgan fingerprint density at radius 3 is 2.04 bits per heavy atom. The minimum atomic E-state index is -1.17. The van der Waals surface area contributed by atoms with Crippen LogP contribution in [0.3, 0.4) is 0 Å². The van der Waals surface area contributed by atoms with Gasteiger partial charge in [-0.3, -0.25) is 4.79 Å². The highest BCUT2D eigenvalue weighted by Crippen LogP contribution is 2.21. The van der Waals surface area contributed by atoms with Crippen molar-refractivity contribution in [2.24, 2.45) is 0 Å². The van der Waals surface area contributed by atoms with Crippen molar-refractivity contribution in [2.75, 3.05) is 19.5 Å². The molecule has 1 amide bonds. The van der Waals surface area contributed by atoms with Gasteiger partial charge in [-0.15, -0.1) is 0 Å². The summed E-state index contributed by atoms with van der Waals surface area (Å²) in [7, 11) is 2.33. The SMILES string of the molecule is COC(=O)c1cc(O[C@H](C)C(=O)Nc2cc(F)ccc2F)cc(C(=O)OC)c1. The van der Waals surface area contributed by atoms with Gasteiger partial charge in [0, 0.05) is 6.07 Å². The summed E-state index contributed by atoms with van der Waals surface area (Å²) in [6.45, 7) is 1.36. The minimum absolute atomic E-state index is 0.00387. The normalized spacial score (nSPS) is 11.3. The third kappa shape index (κ3) is 5.03. The van der Waals surface area contributed by atoms with E-state index in [1.807, 2.05) is 0 Å². The first-order valence-corrected chi connectivity index (χ1v) is 7.99. The van der Waals surface area contributed by atoms with E-state index in [2.05, 4.69) is 14.8 Å². The van der Waals surface area contributed by atoms with Crippen LogP contribution in [-0.4, -0.2) is 38.2 Å². The Labute approximate surface area is 159 Å². The first-order chi connectivity index (χ1) is 13.2. The number of benzene rings is 2. The van der Waals surface area contributed by atoms with E-state index >= 15 is 0 Å². The van der Waals surface area contributed by atoms with E-state index in [4.69, 9.17) is 4.74 Å². The van der Waals surface area contributed by atoms with E-state index in [0.29, 0.717) is 0 Å². The minimum Gasteiger partial charge on any atom is -0.481 e. The summed E-state index contributed by atoms with van der Waals surface area (Å²) in [5.41, 5.74) is -0.340. The third-order valence-corrected chi connectivity index (χ3v) is 3.62. The quantitative estimate of drug-likeness (QED) is 0.759. The van der Waals surface area contributed by atoms with Crippen molar-refractivity contribution >= 4 is 23.5 Å². The molecule has 0 radical (unpaired) electrons. The Hall–Kier alpha value is -3.49. The second kappa shape index (κ2) is 8.94. The molecule has 0 unspecified atom stereocenters. The second-order valence-corrected chi connectivity index (χ2v) is 5.60. The van der Waals surface area contributed by atoms with Crippen molar-refractivity contribution in [3.8, 4) is 5.75 Å². The number of hydrogen-bond acceptors (Lipinski definition) is 6. The molecular weight excluding hydrogens is 376 g/mol. The van der Waals surface area contributed by atoms with Gasteiger partial charge in [-0.25, -0.2) is 18.4 Å². The molecule has 0 heterocycles. The van der Waals surface area contributed by atoms with Crippen LogP contribution in [0.15, 0.2) is 36.4 Å². The topological polar surface area (TPSA) is 90.9 Å². The lowest BCUT2D eigenvalue weighted by atomic mass is 10.1. The Morgan fingerprint density at radius 1 is 0.929 bits per heavy atom. The van der Waals surface area contributed by atoms with Crippen LogP contribution in [-0.2, 0) is 14.3 Å². The van der Waals surface area contributed by atoms with Gasteiger partial charge in [-0.2, -0.15) is 0 Å². The fraction of sp³-hybridized carbons (Fsp3) is 0.211. The van der Waals surface area contributed by atoms with Crippen LogP contribution < -0.4 is 10.1 Å². The molecule has 0 bridgehead atoms. The monoisotopic (exact) mass is 393 g/mol. The number of nitrogens with one attached hydrogen (secondary N) is 1. The summed E-state index contributed by atoms with van der Waals surface area (Å²) < 4.78 is 41.5. The lowest BCUT2D eigenvalue weighted by Crippen LogP contribution is -2.30. The van der Waals surface area contributed by atoms with Gasteiger partial charge < -0.3 is 19.5 Å². The summed E-state index contributed by atoms with van der Waals surface area (Å²) in [5.74, 6) is -3.76. The molecule has 7 nitrogen and oxygen atoms in total. The molecule has 1 atom stereocenters. The molecule has 2 rings (SSSR count). The van der Waals surface area contributed by atoms with Crippen molar-refractivity contribution in [2.45, 2.75) is 13.0 Å². The molecule has 0 aliphatic heterocycles. The number of methoxy groups -OCH3 is 2. The summed E-state index contributed by atoms with van der Waals surface area (Å²) in [6, 6.07) is 6.40. The molecule has 0 saturated carbocycles. The number of amides is 1. The summed E-state index contributed by atoms with van der Waals surface area (Å²) in [5, 5.41) is 2.21. The van der Waals surface area contributed by atoms with E-state index < -0.39 is 35.6 Å². The zero-order valence-corrected chi connectivity index (χ0v) is 15.2. The second-order valence-electron chi connectivity index (χ2n) is 5.60. The van der Waals surface area contributed by atoms with Crippen LogP contribution in [0, 0.1) is 11.6 Å². The highest BCUT2D eigenvalue weighted by Gasteiger charge is 2.20. The molecule has 1 N–H and O–H groups in total. The van der Waals surface area contributed by atoms with Crippen molar-refractivity contribution < 1.29 is 37.4 Å². The Bertz CT molecular complexity index is 881. The molecule has 28 heavy (non-hydrogen) atoms. The lowest BCUT2D eigenvalue weighted by molar-refractivity contribution is -0.122. The number of carbonyl (C=O) groups is 3. The molecule has 0 aliphatic carbocycles. The van der Waals surface area contributed by atoms with Crippen molar-refractivity contribution in [1.82, 2.24) is 0 Å². The van der Waals surface area contributed by atoms with Crippen molar-refractivity contribution in [3.05, 3.63) is 59.2 Å².